The average molecular weight is 340 g/mol. The molecule has 0 aliphatic carbocycles. The van der Waals surface area contributed by atoms with Crippen LogP contribution in [0.1, 0.15) is 37.0 Å². The summed E-state index contributed by atoms with van der Waals surface area (Å²) in [5, 5.41) is 0.885. The molecular formula is C14H20N4O2S2. The number of nitrogens with two attached hydrogens (primary N) is 1. The molecule has 2 amide bonds. The molecule has 0 saturated heterocycles. The van der Waals surface area contributed by atoms with Crippen molar-refractivity contribution in [3.8, 4) is 0 Å². The third-order valence-corrected chi connectivity index (χ3v) is 4.35. The van der Waals surface area contributed by atoms with E-state index in [1.54, 1.807) is 30.8 Å². The van der Waals surface area contributed by atoms with E-state index in [2.05, 4.69) is 22.8 Å². The number of carbonyl (C=O) groups excluding carboxylic acids is 2. The number of rotatable bonds is 7. The van der Waals surface area contributed by atoms with Crippen LogP contribution in [0.25, 0.3) is 0 Å². The number of unbranched alkanes of at least 4 members (excludes halogenated alkanes) is 1. The number of amides is 2. The first-order valence-corrected chi connectivity index (χ1v) is 8.33. The highest BCUT2D eigenvalue weighted by molar-refractivity contribution is 7.99. The minimum atomic E-state index is -0.647. The maximum absolute atomic E-state index is 11.9. The molecule has 0 spiro atoms. The third kappa shape index (κ3) is 5.98. The quantitative estimate of drug-likeness (QED) is 0.302. The third-order valence-electron chi connectivity index (χ3n) is 2.87. The van der Waals surface area contributed by atoms with Gasteiger partial charge in [-0.2, -0.15) is 0 Å². The normalized spacial score (nSPS) is 11.5. The molecule has 1 heterocycles. The number of hydrogen-bond donors (Lipinski definition) is 3. The Morgan fingerprint density at radius 2 is 2.14 bits per heavy atom. The molecule has 0 aliphatic heterocycles. The van der Waals surface area contributed by atoms with Crippen LogP contribution in [0.4, 0.5) is 0 Å². The van der Waals surface area contributed by atoms with E-state index in [1.165, 1.54) is 6.20 Å². The van der Waals surface area contributed by atoms with Gasteiger partial charge in [0.2, 0.25) is 5.91 Å². The molecule has 8 heteroatoms. The lowest BCUT2D eigenvalue weighted by Gasteiger charge is -2.13. The molecule has 1 unspecified atom stereocenters. The zero-order chi connectivity index (χ0) is 16.5. The van der Waals surface area contributed by atoms with Gasteiger partial charge in [0.25, 0.3) is 5.91 Å². The second kappa shape index (κ2) is 9.37. The Bertz CT molecular complexity index is 534. The lowest BCUT2D eigenvalue weighted by molar-refractivity contribution is -0.119. The van der Waals surface area contributed by atoms with Gasteiger partial charge in [0.1, 0.15) is 4.99 Å². The van der Waals surface area contributed by atoms with Crippen molar-refractivity contribution in [2.75, 3.05) is 5.75 Å². The van der Waals surface area contributed by atoms with Crippen molar-refractivity contribution in [3.63, 3.8) is 0 Å². The Balaban J connectivity index is 2.49. The van der Waals surface area contributed by atoms with Crippen molar-refractivity contribution in [2.24, 2.45) is 11.7 Å². The maximum atomic E-state index is 11.9. The fourth-order valence-corrected chi connectivity index (χ4v) is 2.45. The Kier molecular flexibility index (Phi) is 7.83. The molecule has 0 radical (unpaired) electrons. The second-order valence-electron chi connectivity index (χ2n) is 4.65. The first kappa shape index (κ1) is 18.4. The first-order valence-electron chi connectivity index (χ1n) is 6.94. The number of thioether (sulfide) groups is 1. The Labute approximate surface area is 139 Å². The number of aromatic nitrogens is 1. The van der Waals surface area contributed by atoms with Gasteiger partial charge in [-0.15, -0.1) is 11.8 Å². The van der Waals surface area contributed by atoms with E-state index in [4.69, 9.17) is 18.0 Å². The molecule has 1 atom stereocenters. The standard InChI is InChI=1S/C14H20N4O2S2/c1-3-4-7-22-11-6-5-10(8-16-11)13(20)17-18-14(21)9(2)12(15)19/h5-6,8-9H,3-4,7H2,1-2H3,(H2,15,19)(H,17,20)(H,18,21). The lowest BCUT2D eigenvalue weighted by atomic mass is 10.2. The summed E-state index contributed by atoms with van der Waals surface area (Å²) in [7, 11) is 0. The molecule has 0 aliphatic rings. The minimum absolute atomic E-state index is 0.167. The van der Waals surface area contributed by atoms with Gasteiger partial charge in [0, 0.05) is 6.20 Å². The number of hydrogen-bond acceptors (Lipinski definition) is 5. The van der Waals surface area contributed by atoms with Gasteiger partial charge in [0.05, 0.1) is 16.5 Å². The highest BCUT2D eigenvalue weighted by Gasteiger charge is 2.15. The fourth-order valence-electron chi connectivity index (χ4n) is 1.35. The monoisotopic (exact) mass is 340 g/mol. The summed E-state index contributed by atoms with van der Waals surface area (Å²) in [5.74, 6) is -0.570. The molecule has 1 rings (SSSR count). The number of primary amides is 1. The summed E-state index contributed by atoms with van der Waals surface area (Å²) in [6.07, 6.45) is 3.78. The molecule has 1 aromatic rings. The molecule has 1 aromatic heterocycles. The van der Waals surface area contributed by atoms with Gasteiger partial charge in [-0.05, 0) is 31.2 Å². The van der Waals surface area contributed by atoms with Crippen molar-refractivity contribution in [2.45, 2.75) is 31.7 Å². The number of nitrogens with one attached hydrogen (secondary N) is 2. The van der Waals surface area contributed by atoms with Crippen LogP contribution >= 0.6 is 24.0 Å². The highest BCUT2D eigenvalue weighted by atomic mass is 32.2. The SMILES string of the molecule is CCCCSc1ccc(C(=O)NNC(=S)C(C)C(N)=O)cn1. The molecule has 0 fully saturated rings. The summed E-state index contributed by atoms with van der Waals surface area (Å²) in [5.41, 5.74) is 10.5. The van der Waals surface area contributed by atoms with Gasteiger partial charge >= 0.3 is 0 Å². The molecule has 6 nitrogen and oxygen atoms in total. The van der Waals surface area contributed by atoms with Crippen molar-refractivity contribution in [1.82, 2.24) is 15.8 Å². The van der Waals surface area contributed by atoms with Crippen LogP contribution in [-0.4, -0.2) is 27.5 Å². The molecule has 0 aromatic carbocycles. The van der Waals surface area contributed by atoms with Gasteiger partial charge in [-0.25, -0.2) is 4.98 Å². The van der Waals surface area contributed by atoms with E-state index >= 15 is 0 Å². The summed E-state index contributed by atoms with van der Waals surface area (Å²) in [4.78, 5) is 27.3. The van der Waals surface area contributed by atoms with Crippen molar-refractivity contribution in [1.29, 1.82) is 0 Å². The van der Waals surface area contributed by atoms with Gasteiger partial charge in [0.15, 0.2) is 0 Å². The smallest absolute Gasteiger partial charge is 0.271 e. The number of hydrazine groups is 1. The van der Waals surface area contributed by atoms with Crippen LogP contribution in [-0.2, 0) is 4.79 Å². The number of pyridine rings is 1. The van der Waals surface area contributed by atoms with Crippen molar-refractivity contribution in [3.05, 3.63) is 23.9 Å². The second-order valence-corrected chi connectivity index (χ2v) is 6.21. The van der Waals surface area contributed by atoms with Gasteiger partial charge < -0.3 is 5.73 Å². The predicted molar refractivity (Wildman–Crippen MR) is 91.4 cm³/mol. The fraction of sp³-hybridized carbons (Fsp3) is 0.429. The van der Waals surface area contributed by atoms with E-state index in [-0.39, 0.29) is 10.9 Å². The van der Waals surface area contributed by atoms with Crippen LogP contribution in [0, 0.1) is 5.92 Å². The van der Waals surface area contributed by atoms with E-state index in [0.717, 1.165) is 23.6 Å². The zero-order valence-electron chi connectivity index (χ0n) is 12.6. The van der Waals surface area contributed by atoms with Crippen LogP contribution in [0.5, 0.6) is 0 Å². The number of nitrogens with zero attached hydrogens (tertiary/aromatic N) is 1. The number of thiocarbonyl (C=S) groups is 1. The lowest BCUT2D eigenvalue weighted by Crippen LogP contribution is -2.45. The van der Waals surface area contributed by atoms with Crippen LogP contribution in [0.2, 0.25) is 0 Å². The summed E-state index contributed by atoms with van der Waals surface area (Å²) >= 11 is 6.62. The maximum Gasteiger partial charge on any atom is 0.271 e. The van der Waals surface area contributed by atoms with E-state index < -0.39 is 11.8 Å². The Hall–Kier alpha value is -1.67. The molecule has 4 N–H and O–H groups in total. The summed E-state index contributed by atoms with van der Waals surface area (Å²) < 4.78 is 0. The minimum Gasteiger partial charge on any atom is -0.369 e. The zero-order valence-corrected chi connectivity index (χ0v) is 14.2. The molecule has 22 heavy (non-hydrogen) atoms. The highest BCUT2D eigenvalue weighted by Crippen LogP contribution is 2.16. The Morgan fingerprint density at radius 1 is 1.41 bits per heavy atom. The van der Waals surface area contributed by atoms with Crippen LogP contribution < -0.4 is 16.6 Å². The predicted octanol–water partition coefficient (Wildman–Crippen LogP) is 1.66. The van der Waals surface area contributed by atoms with Crippen molar-refractivity contribution >= 4 is 40.8 Å². The topological polar surface area (TPSA) is 97.1 Å². The van der Waals surface area contributed by atoms with Gasteiger partial charge in [-0.1, -0.05) is 25.6 Å². The molecule has 0 saturated carbocycles. The summed E-state index contributed by atoms with van der Waals surface area (Å²) in [6, 6.07) is 3.50. The Morgan fingerprint density at radius 3 is 2.68 bits per heavy atom. The van der Waals surface area contributed by atoms with E-state index in [0.29, 0.717) is 5.56 Å². The van der Waals surface area contributed by atoms with Crippen molar-refractivity contribution < 1.29 is 9.59 Å². The molecular weight excluding hydrogens is 320 g/mol. The molecule has 120 valence electrons. The van der Waals surface area contributed by atoms with Crippen LogP contribution in [0.15, 0.2) is 23.4 Å². The summed E-state index contributed by atoms with van der Waals surface area (Å²) in [6.45, 7) is 3.70. The number of carbonyl (C=O) groups is 2. The average Bonchev–Trinajstić information content (AvgIpc) is 2.52. The largest absolute Gasteiger partial charge is 0.369 e. The van der Waals surface area contributed by atoms with E-state index in [1.807, 2.05) is 0 Å². The van der Waals surface area contributed by atoms with Gasteiger partial charge in [-0.3, -0.25) is 20.4 Å². The van der Waals surface area contributed by atoms with Crippen LogP contribution in [0.3, 0.4) is 0 Å². The first-order chi connectivity index (χ1) is 10.5. The van der Waals surface area contributed by atoms with E-state index in [9.17, 15) is 9.59 Å². The molecule has 0 bridgehead atoms.